The molecule has 1 heterocycles. The van der Waals surface area contributed by atoms with Crippen LogP contribution in [0.4, 0.5) is 15.8 Å². The van der Waals surface area contributed by atoms with Gasteiger partial charge in [-0.1, -0.05) is 36.4 Å². The Morgan fingerprint density at radius 1 is 0.810 bits per heavy atom. The predicted molar refractivity (Wildman–Crippen MR) is 84.9 cm³/mol. The molecule has 0 bridgehead atoms. The molecule has 0 saturated heterocycles. The van der Waals surface area contributed by atoms with Crippen LogP contribution in [0.1, 0.15) is 12.5 Å². The first-order valence-corrected chi connectivity index (χ1v) is 7.00. The number of hydrogen-bond donors (Lipinski definition) is 2. The van der Waals surface area contributed by atoms with E-state index in [0.717, 1.165) is 16.9 Å². The molecule has 0 atom stereocenters. The number of halogens is 1. The molecular weight excluding hydrogens is 263 g/mol. The summed E-state index contributed by atoms with van der Waals surface area (Å²) < 4.78 is 13.2. The summed E-state index contributed by atoms with van der Waals surface area (Å²) in [6.45, 7) is 2.06. The molecule has 3 aromatic carbocycles. The maximum absolute atomic E-state index is 13.2. The van der Waals surface area contributed by atoms with Crippen LogP contribution < -0.4 is 10.6 Å². The summed E-state index contributed by atoms with van der Waals surface area (Å²) in [5, 5.41) is 9.47. The van der Waals surface area contributed by atoms with Crippen molar-refractivity contribution >= 4 is 22.1 Å². The predicted octanol–water partition coefficient (Wildman–Crippen LogP) is 4.69. The Morgan fingerprint density at radius 3 is 1.95 bits per heavy atom. The van der Waals surface area contributed by atoms with E-state index in [1.165, 1.54) is 22.9 Å². The molecule has 1 aliphatic heterocycles. The van der Waals surface area contributed by atoms with Gasteiger partial charge in [0.2, 0.25) is 0 Å². The summed E-state index contributed by atoms with van der Waals surface area (Å²) in [5.41, 5.74) is 2.72. The lowest BCUT2D eigenvalue weighted by atomic mass is 9.95. The zero-order valence-electron chi connectivity index (χ0n) is 11.7. The molecule has 3 heteroatoms. The van der Waals surface area contributed by atoms with Gasteiger partial charge in [0.1, 0.15) is 11.5 Å². The van der Waals surface area contributed by atoms with Gasteiger partial charge in [-0.05, 0) is 42.1 Å². The number of rotatable bonds is 1. The van der Waals surface area contributed by atoms with Crippen LogP contribution in [-0.2, 0) is 5.66 Å². The summed E-state index contributed by atoms with van der Waals surface area (Å²) in [6.07, 6.45) is 0. The zero-order valence-corrected chi connectivity index (χ0v) is 11.7. The maximum Gasteiger partial charge on any atom is 0.131 e. The molecule has 0 unspecified atom stereocenters. The van der Waals surface area contributed by atoms with Crippen molar-refractivity contribution < 1.29 is 4.39 Å². The highest BCUT2D eigenvalue weighted by Crippen LogP contribution is 2.40. The maximum atomic E-state index is 13.2. The van der Waals surface area contributed by atoms with Crippen molar-refractivity contribution in [2.24, 2.45) is 0 Å². The smallest absolute Gasteiger partial charge is 0.131 e. The lowest BCUT2D eigenvalue weighted by Gasteiger charge is -2.39. The molecule has 2 nitrogen and oxygen atoms in total. The molecule has 104 valence electrons. The molecule has 21 heavy (non-hydrogen) atoms. The van der Waals surface area contributed by atoms with Gasteiger partial charge in [-0.25, -0.2) is 4.39 Å². The lowest BCUT2D eigenvalue weighted by molar-refractivity contribution is 0.607. The quantitative estimate of drug-likeness (QED) is 0.675. The molecular formula is C18H15FN2. The molecule has 0 spiro atoms. The van der Waals surface area contributed by atoms with Gasteiger partial charge in [0.25, 0.3) is 0 Å². The van der Waals surface area contributed by atoms with Gasteiger partial charge in [0.15, 0.2) is 0 Å². The van der Waals surface area contributed by atoms with E-state index in [0.29, 0.717) is 0 Å². The molecule has 0 radical (unpaired) electrons. The van der Waals surface area contributed by atoms with Gasteiger partial charge in [0.05, 0.1) is 0 Å². The van der Waals surface area contributed by atoms with Gasteiger partial charge < -0.3 is 10.6 Å². The van der Waals surface area contributed by atoms with Crippen molar-refractivity contribution in [1.29, 1.82) is 0 Å². The first kappa shape index (κ1) is 12.2. The minimum absolute atomic E-state index is 0.222. The van der Waals surface area contributed by atoms with Crippen molar-refractivity contribution in [3.63, 3.8) is 0 Å². The monoisotopic (exact) mass is 278 g/mol. The van der Waals surface area contributed by atoms with E-state index in [2.05, 4.69) is 41.8 Å². The summed E-state index contributed by atoms with van der Waals surface area (Å²) in [5.74, 6) is -0.222. The zero-order chi connectivity index (χ0) is 14.4. The second-order valence-corrected chi connectivity index (χ2v) is 5.59. The van der Waals surface area contributed by atoms with Crippen LogP contribution in [0, 0.1) is 5.82 Å². The number of hydrogen-bond acceptors (Lipinski definition) is 2. The highest BCUT2D eigenvalue weighted by Gasteiger charge is 2.31. The van der Waals surface area contributed by atoms with Gasteiger partial charge >= 0.3 is 0 Å². The molecule has 1 aliphatic rings. The molecule has 0 fully saturated rings. The molecule has 2 N–H and O–H groups in total. The van der Waals surface area contributed by atoms with Crippen LogP contribution in [0.3, 0.4) is 0 Å². The van der Waals surface area contributed by atoms with E-state index in [1.807, 2.05) is 24.3 Å². The SMILES string of the molecule is CC1(c2ccc(F)cc2)Nc2cccc3cccc(c23)N1. The fraction of sp³-hybridized carbons (Fsp3) is 0.111. The van der Waals surface area contributed by atoms with E-state index >= 15 is 0 Å². The second-order valence-electron chi connectivity index (χ2n) is 5.59. The highest BCUT2D eigenvalue weighted by molar-refractivity contribution is 6.05. The van der Waals surface area contributed by atoms with Gasteiger partial charge in [-0.3, -0.25) is 0 Å². The van der Waals surface area contributed by atoms with E-state index in [9.17, 15) is 4.39 Å². The third-order valence-corrected chi connectivity index (χ3v) is 4.10. The van der Waals surface area contributed by atoms with Crippen molar-refractivity contribution in [2.75, 3.05) is 10.6 Å². The van der Waals surface area contributed by atoms with Crippen molar-refractivity contribution in [3.05, 3.63) is 72.0 Å². The Hall–Kier alpha value is -2.55. The number of benzene rings is 3. The lowest BCUT2D eigenvalue weighted by Crippen LogP contribution is -2.42. The van der Waals surface area contributed by atoms with Crippen LogP contribution in [0.2, 0.25) is 0 Å². The fourth-order valence-electron chi connectivity index (χ4n) is 3.05. The minimum Gasteiger partial charge on any atom is -0.359 e. The first-order chi connectivity index (χ1) is 10.2. The Balaban J connectivity index is 1.87. The highest BCUT2D eigenvalue weighted by atomic mass is 19.1. The Bertz CT molecular complexity index is 783. The molecule has 0 amide bonds. The standard InChI is InChI=1S/C18H15FN2/c1-18(13-8-10-14(19)11-9-13)20-15-6-2-4-12-5-3-7-16(21-18)17(12)15/h2-11,20-21H,1H3. The normalized spacial score (nSPS) is 15.3. The Morgan fingerprint density at radius 2 is 1.38 bits per heavy atom. The minimum atomic E-state index is -0.462. The number of nitrogens with one attached hydrogen (secondary N) is 2. The summed E-state index contributed by atoms with van der Waals surface area (Å²) in [7, 11) is 0. The third kappa shape index (κ3) is 1.85. The third-order valence-electron chi connectivity index (χ3n) is 4.10. The molecule has 3 aromatic rings. The van der Waals surface area contributed by atoms with Crippen molar-refractivity contribution in [2.45, 2.75) is 12.6 Å². The Labute approximate surface area is 122 Å². The van der Waals surface area contributed by atoms with E-state index < -0.39 is 5.66 Å². The summed E-state index contributed by atoms with van der Waals surface area (Å²) in [6, 6.07) is 19.1. The average molecular weight is 278 g/mol. The first-order valence-electron chi connectivity index (χ1n) is 7.00. The number of anilines is 2. The average Bonchev–Trinajstić information content (AvgIpc) is 2.48. The van der Waals surface area contributed by atoms with Crippen LogP contribution in [0.25, 0.3) is 10.8 Å². The second kappa shape index (κ2) is 4.22. The molecule has 0 saturated carbocycles. The summed E-state index contributed by atoms with van der Waals surface area (Å²) in [4.78, 5) is 0. The van der Waals surface area contributed by atoms with Crippen LogP contribution >= 0.6 is 0 Å². The van der Waals surface area contributed by atoms with Gasteiger partial charge in [-0.15, -0.1) is 0 Å². The molecule has 4 rings (SSSR count). The van der Waals surface area contributed by atoms with E-state index in [4.69, 9.17) is 0 Å². The topological polar surface area (TPSA) is 24.1 Å². The van der Waals surface area contributed by atoms with Crippen LogP contribution in [-0.4, -0.2) is 0 Å². The largest absolute Gasteiger partial charge is 0.359 e. The van der Waals surface area contributed by atoms with Crippen LogP contribution in [0.5, 0.6) is 0 Å². The van der Waals surface area contributed by atoms with E-state index in [1.54, 1.807) is 0 Å². The molecule has 0 aliphatic carbocycles. The Kier molecular flexibility index (Phi) is 2.45. The van der Waals surface area contributed by atoms with Gasteiger partial charge in [0, 0.05) is 16.8 Å². The van der Waals surface area contributed by atoms with E-state index in [-0.39, 0.29) is 5.82 Å². The summed E-state index contributed by atoms with van der Waals surface area (Å²) >= 11 is 0. The van der Waals surface area contributed by atoms with Crippen molar-refractivity contribution in [3.8, 4) is 0 Å². The van der Waals surface area contributed by atoms with Gasteiger partial charge in [-0.2, -0.15) is 0 Å². The van der Waals surface area contributed by atoms with Crippen molar-refractivity contribution in [1.82, 2.24) is 0 Å². The fourth-order valence-corrected chi connectivity index (χ4v) is 3.05. The molecule has 0 aromatic heterocycles. The van der Waals surface area contributed by atoms with Crippen LogP contribution in [0.15, 0.2) is 60.7 Å².